The highest BCUT2D eigenvalue weighted by atomic mass is 16.5. The zero-order chi connectivity index (χ0) is 15.1. The molecule has 0 radical (unpaired) electrons. The van der Waals surface area contributed by atoms with Gasteiger partial charge in [-0.25, -0.2) is 14.8 Å². The van der Waals surface area contributed by atoms with Crippen molar-refractivity contribution in [1.82, 2.24) is 9.97 Å². The molecule has 0 aliphatic heterocycles. The summed E-state index contributed by atoms with van der Waals surface area (Å²) in [6.07, 6.45) is 0.406. The molecule has 0 aliphatic carbocycles. The van der Waals surface area contributed by atoms with Crippen molar-refractivity contribution in [2.24, 2.45) is 5.92 Å². The Morgan fingerprint density at radius 2 is 2.20 bits per heavy atom. The van der Waals surface area contributed by atoms with Crippen molar-refractivity contribution in [1.29, 1.82) is 5.26 Å². The molecule has 108 valence electrons. The van der Waals surface area contributed by atoms with Crippen LogP contribution in [0.25, 0.3) is 0 Å². The van der Waals surface area contributed by atoms with Gasteiger partial charge in [-0.05, 0) is 12.8 Å². The van der Waals surface area contributed by atoms with Gasteiger partial charge in [0, 0.05) is 24.8 Å². The first-order valence-corrected chi connectivity index (χ1v) is 6.53. The molecule has 0 spiro atoms. The van der Waals surface area contributed by atoms with Gasteiger partial charge in [0.05, 0.1) is 19.6 Å². The predicted octanol–water partition coefficient (Wildman–Crippen LogP) is 1.95. The van der Waals surface area contributed by atoms with Gasteiger partial charge in [-0.1, -0.05) is 13.8 Å². The number of anilines is 1. The quantitative estimate of drug-likeness (QED) is 0.739. The maximum absolute atomic E-state index is 11.6. The van der Waals surface area contributed by atoms with Crippen LogP contribution in [0, 0.1) is 24.2 Å². The van der Waals surface area contributed by atoms with Crippen molar-refractivity contribution >= 4 is 11.8 Å². The normalized spacial score (nSPS) is 10.2. The number of aromatic nitrogens is 2. The molecule has 0 N–H and O–H groups in total. The zero-order valence-corrected chi connectivity index (χ0v) is 12.4. The Morgan fingerprint density at radius 3 is 2.75 bits per heavy atom. The molecule has 1 aromatic rings. The Bertz CT molecular complexity index is 508. The number of ether oxygens (including phenoxy) is 1. The van der Waals surface area contributed by atoms with E-state index in [1.807, 2.05) is 11.0 Å². The van der Waals surface area contributed by atoms with Gasteiger partial charge in [-0.2, -0.15) is 5.26 Å². The summed E-state index contributed by atoms with van der Waals surface area (Å²) in [5.41, 5.74) is 0.695. The molecule has 0 fully saturated rings. The SMILES string of the molecule is COC(=O)c1nc(C)cc(N(CCC#N)CC(C)C)n1. The number of rotatable bonds is 6. The maximum Gasteiger partial charge on any atom is 0.376 e. The average Bonchev–Trinajstić information content (AvgIpc) is 2.41. The van der Waals surface area contributed by atoms with Crippen LogP contribution in [0.2, 0.25) is 0 Å². The van der Waals surface area contributed by atoms with E-state index in [0.717, 1.165) is 6.54 Å². The molecule has 0 saturated heterocycles. The third-order valence-corrected chi connectivity index (χ3v) is 2.61. The molecule has 1 rings (SSSR count). The average molecular weight is 276 g/mol. The van der Waals surface area contributed by atoms with E-state index in [1.165, 1.54) is 7.11 Å². The standard InChI is InChI=1S/C14H20N4O2/c1-10(2)9-18(7-5-6-15)12-8-11(3)16-13(17-12)14(19)20-4/h8,10H,5,7,9H2,1-4H3. The number of carbonyl (C=O) groups is 1. The fourth-order valence-corrected chi connectivity index (χ4v) is 1.82. The van der Waals surface area contributed by atoms with Crippen LogP contribution < -0.4 is 4.90 Å². The van der Waals surface area contributed by atoms with Crippen molar-refractivity contribution in [2.45, 2.75) is 27.2 Å². The van der Waals surface area contributed by atoms with Crippen LogP contribution in [-0.4, -0.2) is 36.1 Å². The summed E-state index contributed by atoms with van der Waals surface area (Å²) < 4.78 is 4.65. The number of hydrogen-bond donors (Lipinski definition) is 0. The lowest BCUT2D eigenvalue weighted by molar-refractivity contribution is 0.0586. The van der Waals surface area contributed by atoms with Crippen LogP contribution in [-0.2, 0) is 4.74 Å². The second-order valence-corrected chi connectivity index (χ2v) is 4.93. The number of hydrogen-bond acceptors (Lipinski definition) is 6. The number of carbonyl (C=O) groups excluding carboxylic acids is 1. The Balaban J connectivity index is 3.08. The summed E-state index contributed by atoms with van der Waals surface area (Å²) in [7, 11) is 1.30. The Labute approximate surface area is 119 Å². The molecule has 0 atom stereocenters. The van der Waals surface area contributed by atoms with Crippen molar-refractivity contribution < 1.29 is 9.53 Å². The van der Waals surface area contributed by atoms with Gasteiger partial charge in [0.1, 0.15) is 5.82 Å². The predicted molar refractivity (Wildman–Crippen MR) is 75.4 cm³/mol. The molecule has 0 unspecified atom stereocenters. The summed E-state index contributed by atoms with van der Waals surface area (Å²) in [6, 6.07) is 3.94. The lowest BCUT2D eigenvalue weighted by Crippen LogP contribution is -2.30. The molecule has 0 saturated carbocycles. The van der Waals surface area contributed by atoms with E-state index in [-0.39, 0.29) is 5.82 Å². The van der Waals surface area contributed by atoms with Crippen LogP contribution in [0.4, 0.5) is 5.82 Å². The van der Waals surface area contributed by atoms with Gasteiger partial charge >= 0.3 is 5.97 Å². The first kappa shape index (κ1) is 15.9. The van der Waals surface area contributed by atoms with E-state index in [9.17, 15) is 4.79 Å². The highest BCUT2D eigenvalue weighted by Gasteiger charge is 2.16. The fourth-order valence-electron chi connectivity index (χ4n) is 1.82. The molecule has 20 heavy (non-hydrogen) atoms. The van der Waals surface area contributed by atoms with Gasteiger partial charge in [0.25, 0.3) is 0 Å². The largest absolute Gasteiger partial charge is 0.463 e. The Hall–Kier alpha value is -2.16. The molecule has 1 aromatic heterocycles. The van der Waals surface area contributed by atoms with Gasteiger partial charge in [0.2, 0.25) is 5.82 Å². The monoisotopic (exact) mass is 276 g/mol. The molecule has 6 heteroatoms. The highest BCUT2D eigenvalue weighted by molar-refractivity contribution is 5.85. The third-order valence-electron chi connectivity index (χ3n) is 2.61. The van der Waals surface area contributed by atoms with E-state index < -0.39 is 5.97 Å². The second kappa shape index (κ2) is 7.43. The fraction of sp³-hybridized carbons (Fsp3) is 0.571. The summed E-state index contributed by atoms with van der Waals surface area (Å²) in [5.74, 6) is 0.570. The highest BCUT2D eigenvalue weighted by Crippen LogP contribution is 2.15. The van der Waals surface area contributed by atoms with Crippen molar-refractivity contribution in [2.75, 3.05) is 25.1 Å². The lowest BCUT2D eigenvalue weighted by Gasteiger charge is -2.25. The van der Waals surface area contributed by atoms with E-state index in [4.69, 9.17) is 5.26 Å². The molecule has 0 aromatic carbocycles. The van der Waals surface area contributed by atoms with Gasteiger partial charge < -0.3 is 9.64 Å². The summed E-state index contributed by atoms with van der Waals surface area (Å²) in [4.78, 5) is 21.9. The van der Waals surface area contributed by atoms with Gasteiger partial charge in [0.15, 0.2) is 0 Å². The first-order chi connectivity index (χ1) is 9.47. The van der Waals surface area contributed by atoms with E-state index >= 15 is 0 Å². The molecule has 0 bridgehead atoms. The minimum atomic E-state index is -0.556. The molecule has 0 amide bonds. The molecular weight excluding hydrogens is 256 g/mol. The molecule has 1 heterocycles. The van der Waals surface area contributed by atoms with E-state index in [2.05, 4.69) is 34.6 Å². The smallest absolute Gasteiger partial charge is 0.376 e. The topological polar surface area (TPSA) is 79.1 Å². The lowest BCUT2D eigenvalue weighted by atomic mass is 10.2. The van der Waals surface area contributed by atoms with Crippen LogP contribution in [0.3, 0.4) is 0 Å². The van der Waals surface area contributed by atoms with Crippen LogP contribution >= 0.6 is 0 Å². The van der Waals surface area contributed by atoms with Crippen molar-refractivity contribution in [3.8, 4) is 6.07 Å². The summed E-state index contributed by atoms with van der Waals surface area (Å²) >= 11 is 0. The minimum absolute atomic E-state index is 0.0493. The van der Waals surface area contributed by atoms with Gasteiger partial charge in [-0.3, -0.25) is 0 Å². The summed E-state index contributed by atoms with van der Waals surface area (Å²) in [6.45, 7) is 7.32. The van der Waals surface area contributed by atoms with Crippen LogP contribution in [0.1, 0.15) is 36.6 Å². The third kappa shape index (κ3) is 4.50. The number of nitriles is 1. The number of esters is 1. The molecular formula is C14H20N4O2. The minimum Gasteiger partial charge on any atom is -0.463 e. The van der Waals surface area contributed by atoms with E-state index in [0.29, 0.717) is 30.4 Å². The van der Waals surface area contributed by atoms with Crippen molar-refractivity contribution in [3.63, 3.8) is 0 Å². The van der Waals surface area contributed by atoms with Crippen molar-refractivity contribution in [3.05, 3.63) is 17.6 Å². The number of methoxy groups -OCH3 is 1. The Morgan fingerprint density at radius 1 is 1.50 bits per heavy atom. The summed E-state index contributed by atoms with van der Waals surface area (Å²) in [5, 5.41) is 8.75. The second-order valence-electron chi connectivity index (χ2n) is 4.93. The number of nitrogens with zero attached hydrogens (tertiary/aromatic N) is 4. The zero-order valence-electron chi connectivity index (χ0n) is 12.4. The van der Waals surface area contributed by atoms with Gasteiger partial charge in [-0.15, -0.1) is 0 Å². The molecule has 6 nitrogen and oxygen atoms in total. The van der Waals surface area contributed by atoms with Crippen LogP contribution in [0.15, 0.2) is 6.07 Å². The number of aryl methyl sites for hydroxylation is 1. The maximum atomic E-state index is 11.6. The Kier molecular flexibility index (Phi) is 5.91. The molecule has 0 aliphatic rings. The first-order valence-electron chi connectivity index (χ1n) is 6.53. The van der Waals surface area contributed by atoms with Crippen LogP contribution in [0.5, 0.6) is 0 Å². The van der Waals surface area contributed by atoms with E-state index in [1.54, 1.807) is 6.92 Å².